The Hall–Kier alpha value is -2.76. The number of aromatic nitrogens is 1. The van der Waals surface area contributed by atoms with Gasteiger partial charge in [0.2, 0.25) is 5.91 Å². The second-order valence-corrected chi connectivity index (χ2v) is 5.74. The second kappa shape index (κ2) is 6.78. The summed E-state index contributed by atoms with van der Waals surface area (Å²) in [4.78, 5) is 25.9. The molecule has 1 aromatic heterocycles. The molecule has 6 heteroatoms. The fourth-order valence-electron chi connectivity index (χ4n) is 2.86. The molecule has 1 N–H and O–H groups in total. The Kier molecular flexibility index (Phi) is 4.55. The maximum absolute atomic E-state index is 12.4. The molecule has 0 radical (unpaired) electrons. The summed E-state index contributed by atoms with van der Waals surface area (Å²) >= 11 is 0. The van der Waals surface area contributed by atoms with Crippen LogP contribution in [0.4, 0.5) is 16.2 Å². The minimum absolute atomic E-state index is 0.0774. The predicted octanol–water partition coefficient (Wildman–Crippen LogP) is 3.21. The van der Waals surface area contributed by atoms with Gasteiger partial charge in [-0.05, 0) is 56.2 Å². The Bertz CT molecular complexity index is 740. The Labute approximate surface area is 141 Å². The summed E-state index contributed by atoms with van der Waals surface area (Å²) in [5, 5.41) is 2.93. The lowest BCUT2D eigenvalue weighted by atomic mass is 10.1. The summed E-state index contributed by atoms with van der Waals surface area (Å²) in [5.41, 5.74) is 2.63. The summed E-state index contributed by atoms with van der Waals surface area (Å²) in [6.45, 7) is 4.60. The van der Waals surface area contributed by atoms with Gasteiger partial charge in [0.25, 0.3) is 0 Å². The van der Waals surface area contributed by atoms with E-state index in [9.17, 15) is 9.59 Å². The van der Waals surface area contributed by atoms with Crippen LogP contribution in [0.5, 0.6) is 0 Å². The summed E-state index contributed by atoms with van der Waals surface area (Å²) in [6.07, 6.45) is 4.16. The van der Waals surface area contributed by atoms with E-state index in [0.29, 0.717) is 13.2 Å². The minimum atomic E-state index is -0.325. The number of carbonyl (C=O) groups is 2. The van der Waals surface area contributed by atoms with Crippen LogP contribution in [0.1, 0.15) is 25.5 Å². The first kappa shape index (κ1) is 16.1. The molecule has 2 aromatic rings. The van der Waals surface area contributed by atoms with Crippen molar-refractivity contribution in [2.24, 2.45) is 0 Å². The zero-order valence-corrected chi connectivity index (χ0v) is 13.9. The molecule has 0 aliphatic carbocycles. The van der Waals surface area contributed by atoms with Gasteiger partial charge >= 0.3 is 6.09 Å². The molecule has 0 unspecified atom stereocenters. The van der Waals surface area contributed by atoms with Crippen molar-refractivity contribution < 1.29 is 14.3 Å². The van der Waals surface area contributed by atoms with Crippen molar-refractivity contribution in [1.29, 1.82) is 0 Å². The molecule has 3 rings (SSSR count). The summed E-state index contributed by atoms with van der Waals surface area (Å²) in [6, 6.07) is 9.09. The summed E-state index contributed by atoms with van der Waals surface area (Å²) in [7, 11) is 0. The van der Waals surface area contributed by atoms with Crippen molar-refractivity contribution in [1.82, 2.24) is 4.57 Å². The number of hydrogen-bond acceptors (Lipinski definition) is 3. The van der Waals surface area contributed by atoms with E-state index < -0.39 is 0 Å². The van der Waals surface area contributed by atoms with Crippen molar-refractivity contribution in [3.8, 4) is 0 Å². The highest BCUT2D eigenvalue weighted by Crippen LogP contribution is 2.31. The molecule has 1 aliphatic heterocycles. The van der Waals surface area contributed by atoms with Crippen LogP contribution < -0.4 is 10.2 Å². The van der Waals surface area contributed by atoms with Gasteiger partial charge in [-0.1, -0.05) is 0 Å². The zero-order valence-electron chi connectivity index (χ0n) is 13.9. The molecule has 126 valence electrons. The fraction of sp³-hybridized carbons (Fsp3) is 0.333. The van der Waals surface area contributed by atoms with Crippen molar-refractivity contribution in [3.63, 3.8) is 0 Å². The molecule has 1 aliphatic rings. The van der Waals surface area contributed by atoms with E-state index in [-0.39, 0.29) is 18.0 Å². The van der Waals surface area contributed by atoms with Crippen molar-refractivity contribution in [3.05, 3.63) is 48.3 Å². The molecule has 6 nitrogen and oxygen atoms in total. The number of nitrogens with one attached hydrogen (secondary N) is 1. The van der Waals surface area contributed by atoms with Gasteiger partial charge in [-0.15, -0.1) is 0 Å². The number of fused-ring (bicyclic) bond motifs is 1. The molecule has 2 amide bonds. The lowest BCUT2D eigenvalue weighted by molar-refractivity contribution is -0.118. The number of carbonyl (C=O) groups excluding carboxylic acids is 2. The van der Waals surface area contributed by atoms with E-state index in [2.05, 4.69) is 5.32 Å². The molecule has 0 saturated carbocycles. The first-order valence-corrected chi connectivity index (χ1v) is 8.10. The standard InChI is InChI=1S/C18H21N3O3/c1-3-24-18(23)21-11-8-14-12-15(6-7-16(14)21)19-17(22)13(2)20-9-4-5-10-20/h4-7,9-10,12-13H,3,8,11H2,1-2H3,(H,19,22)/t13-/m0/s1. The molecule has 1 atom stereocenters. The number of anilines is 2. The van der Waals surface area contributed by atoms with Gasteiger partial charge in [-0.25, -0.2) is 4.79 Å². The van der Waals surface area contributed by atoms with Gasteiger partial charge in [0.1, 0.15) is 6.04 Å². The second-order valence-electron chi connectivity index (χ2n) is 5.74. The van der Waals surface area contributed by atoms with E-state index in [1.165, 1.54) is 0 Å². The normalized spacial score (nSPS) is 14.2. The van der Waals surface area contributed by atoms with E-state index in [1.807, 2.05) is 54.2 Å². The Morgan fingerprint density at radius 1 is 1.29 bits per heavy atom. The minimum Gasteiger partial charge on any atom is -0.449 e. The van der Waals surface area contributed by atoms with Crippen LogP contribution in [-0.4, -0.2) is 29.7 Å². The van der Waals surface area contributed by atoms with E-state index >= 15 is 0 Å². The zero-order chi connectivity index (χ0) is 17.1. The smallest absolute Gasteiger partial charge is 0.414 e. The molecule has 1 aromatic carbocycles. The van der Waals surface area contributed by atoms with Gasteiger partial charge in [0, 0.05) is 24.6 Å². The molecule has 0 fully saturated rings. The molecule has 0 saturated heterocycles. The largest absolute Gasteiger partial charge is 0.449 e. The lowest BCUT2D eigenvalue weighted by Crippen LogP contribution is -2.29. The third kappa shape index (κ3) is 3.13. The van der Waals surface area contributed by atoms with Crippen LogP contribution in [-0.2, 0) is 16.0 Å². The van der Waals surface area contributed by atoms with Crippen molar-refractivity contribution >= 4 is 23.4 Å². The predicted molar refractivity (Wildman–Crippen MR) is 92.3 cm³/mol. The first-order chi connectivity index (χ1) is 11.6. The number of rotatable bonds is 4. The van der Waals surface area contributed by atoms with Crippen molar-refractivity contribution in [2.75, 3.05) is 23.4 Å². The average molecular weight is 327 g/mol. The SMILES string of the molecule is CCOC(=O)N1CCc2cc(NC(=O)[C@H](C)n3cccc3)ccc21. The fourth-order valence-corrected chi connectivity index (χ4v) is 2.86. The number of nitrogens with zero attached hydrogens (tertiary/aromatic N) is 2. The Morgan fingerprint density at radius 2 is 2.04 bits per heavy atom. The highest BCUT2D eigenvalue weighted by atomic mass is 16.6. The summed E-state index contributed by atoms with van der Waals surface area (Å²) in [5.74, 6) is -0.0774. The van der Waals surface area contributed by atoms with Gasteiger partial charge < -0.3 is 14.6 Å². The lowest BCUT2D eigenvalue weighted by Gasteiger charge is -2.17. The number of ether oxygens (including phenoxy) is 1. The van der Waals surface area contributed by atoms with E-state index in [0.717, 1.165) is 23.4 Å². The highest BCUT2D eigenvalue weighted by molar-refractivity contribution is 5.95. The quantitative estimate of drug-likeness (QED) is 0.938. The number of amides is 2. The van der Waals surface area contributed by atoms with Crippen LogP contribution in [0.2, 0.25) is 0 Å². The van der Waals surface area contributed by atoms with E-state index in [1.54, 1.807) is 11.8 Å². The van der Waals surface area contributed by atoms with Crippen LogP contribution in [0.15, 0.2) is 42.7 Å². The first-order valence-electron chi connectivity index (χ1n) is 8.10. The maximum atomic E-state index is 12.4. The highest BCUT2D eigenvalue weighted by Gasteiger charge is 2.26. The van der Waals surface area contributed by atoms with Gasteiger partial charge in [0.15, 0.2) is 0 Å². The van der Waals surface area contributed by atoms with E-state index in [4.69, 9.17) is 4.74 Å². The molecular formula is C18H21N3O3. The molecule has 24 heavy (non-hydrogen) atoms. The van der Waals surface area contributed by atoms with Crippen molar-refractivity contribution in [2.45, 2.75) is 26.3 Å². The monoisotopic (exact) mass is 327 g/mol. The van der Waals surface area contributed by atoms with Crippen LogP contribution in [0.25, 0.3) is 0 Å². The van der Waals surface area contributed by atoms with Gasteiger partial charge in [0.05, 0.1) is 12.3 Å². The number of benzene rings is 1. The molecule has 0 spiro atoms. The third-order valence-electron chi connectivity index (χ3n) is 4.18. The Morgan fingerprint density at radius 3 is 2.75 bits per heavy atom. The molecule has 0 bridgehead atoms. The molecular weight excluding hydrogens is 306 g/mol. The number of hydrogen-bond donors (Lipinski definition) is 1. The third-order valence-corrected chi connectivity index (χ3v) is 4.18. The van der Waals surface area contributed by atoms with Gasteiger partial charge in [-0.2, -0.15) is 0 Å². The summed E-state index contributed by atoms with van der Waals surface area (Å²) < 4.78 is 6.92. The van der Waals surface area contributed by atoms with Crippen LogP contribution in [0, 0.1) is 0 Å². The maximum Gasteiger partial charge on any atom is 0.414 e. The van der Waals surface area contributed by atoms with Crippen LogP contribution in [0.3, 0.4) is 0 Å². The van der Waals surface area contributed by atoms with Crippen LogP contribution >= 0.6 is 0 Å². The van der Waals surface area contributed by atoms with Gasteiger partial charge in [-0.3, -0.25) is 9.69 Å². The topological polar surface area (TPSA) is 63.6 Å². The molecule has 2 heterocycles. The average Bonchev–Trinajstić information content (AvgIpc) is 3.23. The Balaban J connectivity index is 1.71.